The van der Waals surface area contributed by atoms with Crippen LogP contribution in [-0.2, 0) is 19.1 Å². The third-order valence-electron chi connectivity index (χ3n) is 6.03. The highest BCUT2D eigenvalue weighted by Gasteiger charge is 2.28. The van der Waals surface area contributed by atoms with Crippen LogP contribution >= 0.6 is 0 Å². The zero-order valence-electron chi connectivity index (χ0n) is 21.0. The van der Waals surface area contributed by atoms with Crippen molar-refractivity contribution >= 4 is 29.6 Å². The van der Waals surface area contributed by atoms with Crippen LogP contribution in [0, 0.1) is 0 Å². The number of esters is 1. The van der Waals surface area contributed by atoms with Crippen LogP contribution in [0.5, 0.6) is 0 Å². The Bertz CT molecular complexity index is 901. The molecule has 3 rings (SSSR count). The van der Waals surface area contributed by atoms with E-state index >= 15 is 0 Å². The van der Waals surface area contributed by atoms with Crippen LogP contribution in [0.2, 0.25) is 0 Å². The molecule has 0 saturated carbocycles. The van der Waals surface area contributed by atoms with Gasteiger partial charge in [0.15, 0.2) is 0 Å². The number of benzene rings is 1. The van der Waals surface area contributed by atoms with Crippen LogP contribution in [0.15, 0.2) is 24.3 Å². The van der Waals surface area contributed by atoms with E-state index in [9.17, 15) is 19.2 Å². The largest absolute Gasteiger partial charge is 0.459 e. The summed E-state index contributed by atoms with van der Waals surface area (Å²) in [6.45, 7) is 7.06. The van der Waals surface area contributed by atoms with Gasteiger partial charge in [0.25, 0.3) is 0 Å². The Morgan fingerprint density at radius 1 is 0.971 bits per heavy atom. The fourth-order valence-corrected chi connectivity index (χ4v) is 4.15. The normalized spacial score (nSPS) is 17.9. The lowest BCUT2D eigenvalue weighted by Crippen LogP contribution is -2.43. The minimum atomic E-state index is -0.546. The smallest absolute Gasteiger partial charge is 0.410 e. The van der Waals surface area contributed by atoms with Crippen molar-refractivity contribution in [3.63, 3.8) is 0 Å². The summed E-state index contributed by atoms with van der Waals surface area (Å²) in [5, 5.41) is 2.79. The molecule has 35 heavy (non-hydrogen) atoms. The average Bonchev–Trinajstić information content (AvgIpc) is 2.78. The van der Waals surface area contributed by atoms with Gasteiger partial charge in [-0.05, 0) is 57.9 Å². The molecule has 0 unspecified atom stereocenters. The van der Waals surface area contributed by atoms with Gasteiger partial charge in [-0.3, -0.25) is 9.59 Å². The second kappa shape index (κ2) is 12.0. The summed E-state index contributed by atoms with van der Waals surface area (Å²) in [6.07, 6.45) is 4.89. The summed E-state index contributed by atoms with van der Waals surface area (Å²) < 4.78 is 11.0. The monoisotopic (exact) mass is 487 g/mol. The Morgan fingerprint density at radius 2 is 1.63 bits per heavy atom. The third-order valence-corrected chi connectivity index (χ3v) is 6.03. The fourth-order valence-electron chi connectivity index (χ4n) is 4.15. The highest BCUT2D eigenvalue weighted by molar-refractivity contribution is 5.95. The molecule has 0 bridgehead atoms. The molecule has 0 radical (unpaired) electrons. The van der Waals surface area contributed by atoms with E-state index in [0.29, 0.717) is 50.1 Å². The maximum Gasteiger partial charge on any atom is 0.410 e. The maximum absolute atomic E-state index is 12.5. The second-order valence-electron chi connectivity index (χ2n) is 10.2. The van der Waals surface area contributed by atoms with Crippen LogP contribution < -0.4 is 5.32 Å². The van der Waals surface area contributed by atoms with Crippen LogP contribution in [-0.4, -0.2) is 71.6 Å². The number of anilines is 1. The Morgan fingerprint density at radius 3 is 2.29 bits per heavy atom. The molecule has 1 aromatic carbocycles. The second-order valence-corrected chi connectivity index (χ2v) is 10.2. The molecule has 0 aromatic heterocycles. The molecule has 9 nitrogen and oxygen atoms in total. The summed E-state index contributed by atoms with van der Waals surface area (Å²) in [4.78, 5) is 52.6. The summed E-state index contributed by atoms with van der Waals surface area (Å²) in [7, 11) is 0. The lowest BCUT2D eigenvalue weighted by molar-refractivity contribution is -0.135. The standard InChI is InChI=1S/C26H37N3O6/c1-26(2,3)35-25(33)28-16-13-21(14-17-28)34-24(32)19-9-11-20(12-10-19)27-22(30)18-29-15-7-5-4-6-8-23(29)31/h9-12,21H,4-8,13-18H2,1-3H3,(H,27,30). The van der Waals surface area contributed by atoms with E-state index in [0.717, 1.165) is 25.7 Å². The number of piperidine rings is 1. The molecule has 2 aliphatic heterocycles. The lowest BCUT2D eigenvalue weighted by atomic mass is 10.1. The summed E-state index contributed by atoms with van der Waals surface area (Å²) in [5.41, 5.74) is 0.392. The van der Waals surface area contributed by atoms with Gasteiger partial charge in [-0.1, -0.05) is 12.8 Å². The van der Waals surface area contributed by atoms with Crippen molar-refractivity contribution in [1.29, 1.82) is 0 Å². The lowest BCUT2D eigenvalue weighted by Gasteiger charge is -2.33. The van der Waals surface area contributed by atoms with E-state index in [1.165, 1.54) is 0 Å². The van der Waals surface area contributed by atoms with Crippen LogP contribution in [0.3, 0.4) is 0 Å². The predicted molar refractivity (Wildman–Crippen MR) is 131 cm³/mol. The molecule has 2 saturated heterocycles. The van der Waals surface area contributed by atoms with Gasteiger partial charge < -0.3 is 24.6 Å². The van der Waals surface area contributed by atoms with E-state index in [2.05, 4.69) is 5.32 Å². The molecule has 2 fully saturated rings. The molecule has 2 heterocycles. The van der Waals surface area contributed by atoms with Crippen molar-refractivity contribution in [3.8, 4) is 0 Å². The molecule has 0 spiro atoms. The molecule has 2 aliphatic rings. The molecule has 1 aromatic rings. The molecule has 192 valence electrons. The SMILES string of the molecule is CC(C)(C)OC(=O)N1CCC(OC(=O)c2ccc(NC(=O)CN3CCCCCCC3=O)cc2)CC1. The Kier molecular flexibility index (Phi) is 9.12. The molecule has 0 aliphatic carbocycles. The van der Waals surface area contributed by atoms with Gasteiger partial charge in [-0.15, -0.1) is 0 Å². The van der Waals surface area contributed by atoms with Gasteiger partial charge in [0.1, 0.15) is 11.7 Å². The number of hydrogen-bond acceptors (Lipinski definition) is 6. The van der Waals surface area contributed by atoms with Crippen molar-refractivity contribution in [2.24, 2.45) is 0 Å². The van der Waals surface area contributed by atoms with Gasteiger partial charge in [0.2, 0.25) is 11.8 Å². The van der Waals surface area contributed by atoms with Gasteiger partial charge in [-0.25, -0.2) is 9.59 Å². The molecule has 9 heteroatoms. The van der Waals surface area contributed by atoms with Crippen molar-refractivity contribution < 1.29 is 28.7 Å². The van der Waals surface area contributed by atoms with E-state index in [1.54, 1.807) is 34.1 Å². The van der Waals surface area contributed by atoms with Crippen LogP contribution in [0.4, 0.5) is 10.5 Å². The van der Waals surface area contributed by atoms with Gasteiger partial charge in [0, 0.05) is 44.6 Å². The highest BCUT2D eigenvalue weighted by Crippen LogP contribution is 2.19. The number of hydrogen-bond donors (Lipinski definition) is 1. The minimum Gasteiger partial charge on any atom is -0.459 e. The van der Waals surface area contributed by atoms with E-state index in [1.807, 2.05) is 20.8 Å². The number of nitrogens with zero attached hydrogens (tertiary/aromatic N) is 2. The van der Waals surface area contributed by atoms with E-state index in [4.69, 9.17) is 9.47 Å². The maximum atomic E-state index is 12.5. The topological polar surface area (TPSA) is 105 Å². The number of nitrogens with one attached hydrogen (secondary N) is 1. The fraction of sp³-hybridized carbons (Fsp3) is 0.615. The van der Waals surface area contributed by atoms with Crippen molar-refractivity contribution in [2.75, 3.05) is 31.5 Å². The van der Waals surface area contributed by atoms with Crippen LogP contribution in [0.1, 0.15) is 76.1 Å². The Labute approximate surface area is 207 Å². The van der Waals surface area contributed by atoms with Gasteiger partial charge in [-0.2, -0.15) is 0 Å². The number of rotatable bonds is 5. The first-order valence-corrected chi connectivity index (χ1v) is 12.5. The highest BCUT2D eigenvalue weighted by atomic mass is 16.6. The molecule has 0 atom stereocenters. The van der Waals surface area contributed by atoms with Crippen molar-refractivity contribution in [1.82, 2.24) is 9.80 Å². The van der Waals surface area contributed by atoms with Crippen molar-refractivity contribution in [3.05, 3.63) is 29.8 Å². The zero-order valence-corrected chi connectivity index (χ0v) is 21.0. The first-order chi connectivity index (χ1) is 16.6. The average molecular weight is 488 g/mol. The van der Waals surface area contributed by atoms with E-state index < -0.39 is 11.6 Å². The first-order valence-electron chi connectivity index (χ1n) is 12.5. The van der Waals surface area contributed by atoms with Crippen molar-refractivity contribution in [2.45, 2.75) is 77.4 Å². The first kappa shape index (κ1) is 26.5. The van der Waals surface area contributed by atoms with Gasteiger partial charge >= 0.3 is 12.1 Å². The minimum absolute atomic E-state index is 0.0230. The number of likely N-dealkylation sites (tertiary alicyclic amines) is 2. The van der Waals surface area contributed by atoms with Crippen LogP contribution in [0.25, 0.3) is 0 Å². The summed E-state index contributed by atoms with van der Waals surface area (Å²) in [6, 6.07) is 6.51. The number of amides is 3. The molecule has 3 amide bonds. The number of carbonyl (C=O) groups excluding carboxylic acids is 4. The molecular weight excluding hydrogens is 450 g/mol. The summed E-state index contributed by atoms with van der Waals surface area (Å²) in [5.74, 6) is -0.675. The molecular formula is C26H37N3O6. The Balaban J connectivity index is 1.44. The molecule has 1 N–H and O–H groups in total. The quantitative estimate of drug-likeness (QED) is 0.630. The predicted octanol–water partition coefficient (Wildman–Crippen LogP) is 3.97. The number of ether oxygens (including phenoxy) is 2. The van der Waals surface area contributed by atoms with E-state index in [-0.39, 0.29) is 30.6 Å². The zero-order chi connectivity index (χ0) is 25.4. The van der Waals surface area contributed by atoms with Gasteiger partial charge in [0.05, 0.1) is 12.1 Å². The third kappa shape index (κ3) is 8.56. The number of carbonyl (C=O) groups is 4. The Hall–Kier alpha value is -3.10. The summed E-state index contributed by atoms with van der Waals surface area (Å²) >= 11 is 0.